The molecular weight excluding hydrogens is 294 g/mol. The fourth-order valence-corrected chi connectivity index (χ4v) is 3.29. The third-order valence-electron chi connectivity index (χ3n) is 2.96. The molecule has 0 saturated heterocycles. The van der Waals surface area contributed by atoms with Crippen LogP contribution in [0.3, 0.4) is 0 Å². The molecule has 0 aromatic carbocycles. The van der Waals surface area contributed by atoms with Crippen LogP contribution >= 0.6 is 23.4 Å². The number of rotatable bonds is 3. The normalized spacial score (nSPS) is 21.2. The van der Waals surface area contributed by atoms with Gasteiger partial charge in [0.25, 0.3) is 0 Å². The van der Waals surface area contributed by atoms with Crippen LogP contribution in [-0.4, -0.2) is 19.7 Å². The molecule has 6 heteroatoms. The number of hydrogen-bond acceptors (Lipinski definition) is 4. The molecule has 0 amide bonds. The molecule has 0 bridgehead atoms. The molecule has 20 heavy (non-hydrogen) atoms. The van der Waals surface area contributed by atoms with E-state index in [2.05, 4.69) is 16.9 Å². The van der Waals surface area contributed by atoms with Crippen molar-refractivity contribution in [2.24, 2.45) is 4.99 Å². The highest BCUT2D eigenvalue weighted by Crippen LogP contribution is 2.22. The summed E-state index contributed by atoms with van der Waals surface area (Å²) in [5, 5.41) is 11.1. The second-order valence-corrected chi connectivity index (χ2v) is 5.90. The number of thioether (sulfide) groups is 1. The molecule has 108 valence electrons. The first kappa shape index (κ1) is 15.2. The van der Waals surface area contributed by atoms with Crippen LogP contribution in [0.25, 0.3) is 0 Å². The SMILES string of the molecule is CCn1c(CSC2=N/C(C)=C\C(O)=C/CC2)cnc1Cl. The third-order valence-corrected chi connectivity index (χ3v) is 4.33. The first-order valence-electron chi connectivity index (χ1n) is 6.58. The molecule has 2 heterocycles. The molecule has 4 nitrogen and oxygen atoms in total. The first-order valence-corrected chi connectivity index (χ1v) is 7.94. The Hall–Kier alpha value is -1.20. The summed E-state index contributed by atoms with van der Waals surface area (Å²) < 4.78 is 1.99. The summed E-state index contributed by atoms with van der Waals surface area (Å²) in [4.78, 5) is 8.67. The number of hydrogen-bond donors (Lipinski definition) is 1. The standard InChI is InChI=1S/C14H18ClN3OS/c1-3-18-11(8-16-14(18)15)9-20-13-6-4-5-12(19)7-10(2)17-13/h5,7-8,19H,3-4,6,9H2,1-2H3/b10-7-,12-5+,17-13?. The average molecular weight is 312 g/mol. The predicted molar refractivity (Wildman–Crippen MR) is 85.3 cm³/mol. The zero-order chi connectivity index (χ0) is 14.5. The lowest BCUT2D eigenvalue weighted by atomic mass is 10.2. The Morgan fingerprint density at radius 3 is 3.05 bits per heavy atom. The molecule has 1 aromatic rings. The molecular formula is C14H18ClN3OS. The number of halogens is 1. The van der Waals surface area contributed by atoms with E-state index in [1.165, 1.54) is 0 Å². The van der Waals surface area contributed by atoms with Gasteiger partial charge in [-0.1, -0.05) is 0 Å². The topological polar surface area (TPSA) is 50.4 Å². The van der Waals surface area contributed by atoms with Crippen molar-refractivity contribution >= 4 is 28.4 Å². The van der Waals surface area contributed by atoms with Crippen LogP contribution in [0, 0.1) is 0 Å². The molecule has 0 saturated carbocycles. The maximum Gasteiger partial charge on any atom is 0.202 e. The number of aliphatic imine (C=N–C) groups is 1. The Balaban J connectivity index is 2.05. The summed E-state index contributed by atoms with van der Waals surface area (Å²) >= 11 is 7.72. The van der Waals surface area contributed by atoms with Gasteiger partial charge in [0, 0.05) is 29.8 Å². The van der Waals surface area contributed by atoms with Crippen molar-refractivity contribution in [2.45, 2.75) is 39.0 Å². The quantitative estimate of drug-likeness (QED) is 0.904. The van der Waals surface area contributed by atoms with Gasteiger partial charge in [0.1, 0.15) is 5.76 Å². The van der Waals surface area contributed by atoms with E-state index in [0.29, 0.717) is 11.0 Å². The number of imidazole rings is 1. The lowest BCUT2D eigenvalue weighted by molar-refractivity contribution is 0.428. The molecule has 0 atom stereocenters. The van der Waals surface area contributed by atoms with Gasteiger partial charge in [-0.15, -0.1) is 11.8 Å². The fraction of sp³-hybridized carbons (Fsp3) is 0.429. The van der Waals surface area contributed by atoms with Gasteiger partial charge in [0.2, 0.25) is 5.28 Å². The number of allylic oxidation sites excluding steroid dienone is 3. The maximum absolute atomic E-state index is 9.53. The Kier molecular flexibility index (Phi) is 5.31. The second kappa shape index (κ2) is 6.99. The zero-order valence-electron chi connectivity index (χ0n) is 11.6. The summed E-state index contributed by atoms with van der Waals surface area (Å²) in [7, 11) is 0. The van der Waals surface area contributed by atoms with E-state index in [1.807, 2.05) is 23.8 Å². The van der Waals surface area contributed by atoms with Crippen molar-refractivity contribution in [3.05, 3.63) is 40.8 Å². The minimum Gasteiger partial charge on any atom is -0.508 e. The molecule has 1 aliphatic heterocycles. The molecule has 1 N–H and O–H groups in total. The Bertz CT molecular complexity index is 575. The van der Waals surface area contributed by atoms with Gasteiger partial charge >= 0.3 is 0 Å². The fourth-order valence-electron chi connectivity index (χ4n) is 2.00. The van der Waals surface area contributed by atoms with Crippen LogP contribution in [0.2, 0.25) is 5.28 Å². The Morgan fingerprint density at radius 1 is 1.50 bits per heavy atom. The van der Waals surface area contributed by atoms with Crippen molar-refractivity contribution in [1.82, 2.24) is 9.55 Å². The first-order chi connectivity index (χ1) is 9.60. The smallest absolute Gasteiger partial charge is 0.202 e. The summed E-state index contributed by atoms with van der Waals surface area (Å²) in [6, 6.07) is 0. The van der Waals surface area contributed by atoms with Crippen molar-refractivity contribution in [3.8, 4) is 0 Å². The average Bonchev–Trinajstić information content (AvgIpc) is 2.74. The molecule has 0 spiro atoms. The minimum absolute atomic E-state index is 0.297. The maximum atomic E-state index is 9.53. The minimum atomic E-state index is 0.297. The van der Waals surface area contributed by atoms with Crippen LogP contribution in [0.5, 0.6) is 0 Å². The van der Waals surface area contributed by atoms with Crippen molar-refractivity contribution in [2.75, 3.05) is 0 Å². The third kappa shape index (κ3) is 3.90. The summed E-state index contributed by atoms with van der Waals surface area (Å²) in [5.41, 5.74) is 1.93. The molecule has 0 radical (unpaired) electrons. The van der Waals surface area contributed by atoms with Crippen molar-refractivity contribution < 1.29 is 5.11 Å². The monoisotopic (exact) mass is 311 g/mol. The van der Waals surface area contributed by atoms with Crippen LogP contribution in [0.1, 0.15) is 32.4 Å². The molecule has 0 aliphatic carbocycles. The van der Waals surface area contributed by atoms with Crippen LogP contribution in [0.4, 0.5) is 0 Å². The molecule has 0 fully saturated rings. The lowest BCUT2D eigenvalue weighted by Crippen LogP contribution is -2.02. The van der Waals surface area contributed by atoms with Crippen molar-refractivity contribution in [3.63, 3.8) is 0 Å². The van der Waals surface area contributed by atoms with Crippen LogP contribution in [-0.2, 0) is 12.3 Å². The predicted octanol–water partition coefficient (Wildman–Crippen LogP) is 4.33. The lowest BCUT2D eigenvalue weighted by Gasteiger charge is -2.09. The highest BCUT2D eigenvalue weighted by molar-refractivity contribution is 8.13. The highest BCUT2D eigenvalue weighted by atomic mass is 35.5. The van der Waals surface area contributed by atoms with Gasteiger partial charge in [-0.25, -0.2) is 4.98 Å². The molecule has 2 rings (SSSR count). The van der Waals surface area contributed by atoms with E-state index >= 15 is 0 Å². The summed E-state index contributed by atoms with van der Waals surface area (Å²) in [5.74, 6) is 1.10. The van der Waals surface area contributed by atoms with Crippen molar-refractivity contribution in [1.29, 1.82) is 0 Å². The number of aromatic nitrogens is 2. The van der Waals surface area contributed by atoms with Crippen LogP contribution < -0.4 is 0 Å². The van der Waals surface area contributed by atoms with E-state index in [9.17, 15) is 5.11 Å². The second-order valence-electron chi connectivity index (χ2n) is 4.51. The zero-order valence-corrected chi connectivity index (χ0v) is 13.2. The van der Waals surface area contributed by atoms with E-state index in [-0.39, 0.29) is 0 Å². The number of aliphatic hydroxyl groups excluding tert-OH is 1. The summed E-state index contributed by atoms with van der Waals surface area (Å²) in [6.45, 7) is 4.76. The van der Waals surface area contributed by atoms with Gasteiger partial charge in [0.05, 0.1) is 11.2 Å². The Morgan fingerprint density at radius 2 is 2.30 bits per heavy atom. The molecule has 0 unspecified atom stereocenters. The Labute approximate surface area is 128 Å². The van der Waals surface area contributed by atoms with Gasteiger partial charge < -0.3 is 9.67 Å². The van der Waals surface area contributed by atoms with Gasteiger partial charge in [0.15, 0.2) is 0 Å². The van der Waals surface area contributed by atoms with Gasteiger partial charge in [-0.3, -0.25) is 4.99 Å². The molecule has 1 aliphatic rings. The van der Waals surface area contributed by atoms with Crippen LogP contribution in [0.15, 0.2) is 34.8 Å². The largest absolute Gasteiger partial charge is 0.508 e. The molecule has 1 aromatic heterocycles. The van der Waals surface area contributed by atoms with E-state index in [0.717, 1.165) is 41.6 Å². The van der Waals surface area contributed by atoms with E-state index in [1.54, 1.807) is 17.8 Å². The number of aliphatic hydroxyl groups is 1. The summed E-state index contributed by atoms with van der Waals surface area (Å²) in [6.07, 6.45) is 6.97. The highest BCUT2D eigenvalue weighted by Gasteiger charge is 2.09. The van der Waals surface area contributed by atoms with Gasteiger partial charge in [-0.05, 0) is 44.4 Å². The van der Waals surface area contributed by atoms with E-state index < -0.39 is 0 Å². The number of nitrogens with zero attached hydrogens (tertiary/aromatic N) is 3. The van der Waals surface area contributed by atoms with E-state index in [4.69, 9.17) is 11.6 Å². The van der Waals surface area contributed by atoms with Gasteiger partial charge in [-0.2, -0.15) is 0 Å².